The van der Waals surface area contributed by atoms with E-state index in [1.807, 2.05) is 0 Å². The summed E-state index contributed by atoms with van der Waals surface area (Å²) in [6.45, 7) is 8.13. The zero-order valence-electron chi connectivity index (χ0n) is 11.1. The van der Waals surface area contributed by atoms with Gasteiger partial charge in [-0.15, -0.1) is 0 Å². The highest BCUT2D eigenvalue weighted by atomic mass is 28.3. The first kappa shape index (κ1) is 14.7. The largest absolute Gasteiger partial charge is 0.478 e. The molecule has 0 fully saturated rings. The van der Waals surface area contributed by atoms with Crippen LogP contribution < -0.4 is 0 Å². The fourth-order valence-corrected chi connectivity index (χ4v) is 2.00. The van der Waals surface area contributed by atoms with Crippen molar-refractivity contribution in [3.05, 3.63) is 23.8 Å². The van der Waals surface area contributed by atoms with Gasteiger partial charge in [0.05, 0.1) is 12.3 Å². The van der Waals surface area contributed by atoms with Gasteiger partial charge >= 0.3 is 5.97 Å². The number of imidazole rings is 1. The van der Waals surface area contributed by atoms with Gasteiger partial charge in [-0.05, 0) is 12.1 Å². The number of hydrogen-bond acceptors (Lipinski definition) is 3. The van der Waals surface area contributed by atoms with Crippen molar-refractivity contribution < 1.29 is 14.6 Å². The molecule has 0 bridgehead atoms. The first-order chi connectivity index (χ1) is 8.37. The minimum Gasteiger partial charge on any atom is -0.478 e. The second-order valence-corrected chi connectivity index (χ2v) is 10.9. The van der Waals surface area contributed by atoms with Gasteiger partial charge in [-0.2, -0.15) is 0 Å². The molecule has 6 heteroatoms. The summed E-state index contributed by atoms with van der Waals surface area (Å²) in [4.78, 5) is 17.4. The van der Waals surface area contributed by atoms with E-state index in [-0.39, 0.29) is 0 Å². The van der Waals surface area contributed by atoms with Gasteiger partial charge in [0.1, 0.15) is 5.82 Å². The van der Waals surface area contributed by atoms with Crippen molar-refractivity contribution in [1.82, 2.24) is 9.97 Å². The summed E-state index contributed by atoms with van der Waals surface area (Å²) < 4.78 is 5.55. The minimum atomic E-state index is -1.05. The van der Waals surface area contributed by atoms with Gasteiger partial charge in [0.25, 0.3) is 0 Å². The number of carboxylic acid groups (broad SMARTS) is 1. The summed E-state index contributed by atoms with van der Waals surface area (Å²) in [5, 5.41) is 8.48. The van der Waals surface area contributed by atoms with E-state index >= 15 is 0 Å². The zero-order valence-corrected chi connectivity index (χ0v) is 12.1. The predicted molar refractivity (Wildman–Crippen MR) is 73.1 cm³/mol. The van der Waals surface area contributed by atoms with E-state index < -0.39 is 14.0 Å². The molecule has 1 aromatic heterocycles. The first-order valence-electron chi connectivity index (χ1n) is 5.90. The maximum absolute atomic E-state index is 10.3. The number of H-pyrrole nitrogens is 1. The minimum absolute atomic E-state index is 0.460. The zero-order chi connectivity index (χ0) is 13.6. The summed E-state index contributed by atoms with van der Waals surface area (Å²) in [5.74, 6) is -0.458. The molecule has 0 aromatic carbocycles. The van der Waals surface area contributed by atoms with Crippen LogP contribution in [-0.4, -0.2) is 35.7 Å². The smallest absolute Gasteiger partial charge is 0.328 e. The monoisotopic (exact) mass is 268 g/mol. The van der Waals surface area contributed by atoms with E-state index in [2.05, 4.69) is 29.6 Å². The third-order valence-corrected chi connectivity index (χ3v) is 3.98. The molecule has 18 heavy (non-hydrogen) atoms. The number of nitrogens with one attached hydrogen (secondary N) is 1. The standard InChI is InChI=1S/C12H20N2O3Si/c1-18(2,3)7-6-17-9-10-8-13-11(14-10)4-5-12(15)16/h4-5,8H,6-7,9H2,1-3H3,(H,13,14)(H,15,16). The molecule has 0 unspecified atom stereocenters. The van der Waals surface area contributed by atoms with Crippen molar-refractivity contribution in [2.24, 2.45) is 0 Å². The van der Waals surface area contributed by atoms with Crippen LogP contribution in [0.15, 0.2) is 12.3 Å². The molecule has 0 radical (unpaired) electrons. The van der Waals surface area contributed by atoms with Crippen LogP contribution in [0.4, 0.5) is 0 Å². The van der Waals surface area contributed by atoms with E-state index in [9.17, 15) is 4.79 Å². The molecule has 0 aliphatic carbocycles. The van der Waals surface area contributed by atoms with Crippen molar-refractivity contribution in [1.29, 1.82) is 0 Å². The summed E-state index contributed by atoms with van der Waals surface area (Å²) in [6.07, 6.45) is 4.21. The number of aliphatic carboxylic acids is 1. The summed E-state index contributed by atoms with van der Waals surface area (Å²) in [6, 6.07) is 1.13. The van der Waals surface area contributed by atoms with Crippen LogP contribution in [0.1, 0.15) is 11.5 Å². The van der Waals surface area contributed by atoms with E-state index in [1.165, 1.54) is 6.08 Å². The number of carboxylic acids is 1. The number of rotatable bonds is 7. The van der Waals surface area contributed by atoms with Crippen LogP contribution in [0.5, 0.6) is 0 Å². The molecule has 0 aliphatic heterocycles. The highest BCUT2D eigenvalue weighted by Gasteiger charge is 2.12. The van der Waals surface area contributed by atoms with Gasteiger partial charge in [-0.3, -0.25) is 0 Å². The SMILES string of the molecule is C[Si](C)(C)CCOCc1c[nH]c(C=CC(=O)O)n1. The van der Waals surface area contributed by atoms with Crippen LogP contribution in [-0.2, 0) is 16.1 Å². The molecular formula is C12H20N2O3Si. The topological polar surface area (TPSA) is 75.2 Å². The van der Waals surface area contributed by atoms with Gasteiger partial charge in [0, 0.05) is 27.0 Å². The van der Waals surface area contributed by atoms with Crippen LogP contribution in [0.2, 0.25) is 25.7 Å². The molecule has 1 rings (SSSR count). The van der Waals surface area contributed by atoms with Gasteiger partial charge in [0.2, 0.25) is 0 Å². The molecule has 0 saturated carbocycles. The number of nitrogens with zero attached hydrogens (tertiary/aromatic N) is 1. The van der Waals surface area contributed by atoms with Crippen LogP contribution in [0, 0.1) is 0 Å². The molecule has 2 N–H and O–H groups in total. The Labute approximate surface area is 108 Å². The molecule has 0 spiro atoms. The Morgan fingerprint density at radius 3 is 2.89 bits per heavy atom. The summed E-state index contributed by atoms with van der Waals surface area (Å²) >= 11 is 0. The average molecular weight is 268 g/mol. The number of aromatic amines is 1. The van der Waals surface area contributed by atoms with Crippen LogP contribution >= 0.6 is 0 Å². The number of carbonyl (C=O) groups is 1. The number of ether oxygens (including phenoxy) is 1. The molecule has 0 atom stereocenters. The Balaban J connectivity index is 2.34. The van der Waals surface area contributed by atoms with Crippen LogP contribution in [0.25, 0.3) is 6.08 Å². The molecule has 1 aromatic rings. The highest BCUT2D eigenvalue weighted by molar-refractivity contribution is 6.76. The molecular weight excluding hydrogens is 248 g/mol. The second kappa shape index (κ2) is 6.51. The van der Waals surface area contributed by atoms with E-state index in [4.69, 9.17) is 9.84 Å². The summed E-state index contributed by atoms with van der Waals surface area (Å²) in [7, 11) is -1.05. The molecule has 5 nitrogen and oxygen atoms in total. The van der Waals surface area contributed by atoms with Gasteiger partial charge in [-0.1, -0.05) is 19.6 Å². The van der Waals surface area contributed by atoms with Crippen LogP contribution in [0.3, 0.4) is 0 Å². The molecule has 0 amide bonds. The molecule has 100 valence electrons. The maximum Gasteiger partial charge on any atom is 0.328 e. The fourth-order valence-electron chi connectivity index (χ4n) is 1.24. The Morgan fingerprint density at radius 2 is 2.28 bits per heavy atom. The van der Waals surface area contributed by atoms with Gasteiger partial charge < -0.3 is 14.8 Å². The highest BCUT2D eigenvalue weighted by Crippen LogP contribution is 2.08. The molecule has 0 saturated heterocycles. The van der Waals surface area contributed by atoms with Gasteiger partial charge in [0.15, 0.2) is 0 Å². The lowest BCUT2D eigenvalue weighted by Gasteiger charge is -2.14. The van der Waals surface area contributed by atoms with Crippen molar-refractivity contribution in [2.45, 2.75) is 32.3 Å². The fraction of sp³-hybridized carbons (Fsp3) is 0.500. The predicted octanol–water partition coefficient (Wildman–Crippen LogP) is 2.36. The van der Waals surface area contributed by atoms with Crippen molar-refractivity contribution in [2.75, 3.05) is 6.61 Å². The number of aromatic nitrogens is 2. The van der Waals surface area contributed by atoms with Crippen molar-refractivity contribution in [3.63, 3.8) is 0 Å². The maximum atomic E-state index is 10.3. The third kappa shape index (κ3) is 6.36. The third-order valence-electron chi connectivity index (χ3n) is 2.28. The quantitative estimate of drug-likeness (QED) is 0.452. The lowest BCUT2D eigenvalue weighted by atomic mass is 10.5. The van der Waals surface area contributed by atoms with E-state index in [1.54, 1.807) is 6.20 Å². The Bertz CT molecular complexity index is 421. The number of hydrogen-bond donors (Lipinski definition) is 2. The van der Waals surface area contributed by atoms with E-state index in [0.29, 0.717) is 12.4 Å². The average Bonchev–Trinajstić information content (AvgIpc) is 2.68. The first-order valence-corrected chi connectivity index (χ1v) is 9.60. The Kier molecular flexibility index (Phi) is 5.30. The Hall–Kier alpha value is -1.40. The van der Waals surface area contributed by atoms with E-state index in [0.717, 1.165) is 24.4 Å². The summed E-state index contributed by atoms with van der Waals surface area (Å²) in [5.41, 5.74) is 0.788. The second-order valence-electron chi connectivity index (χ2n) is 5.31. The lowest BCUT2D eigenvalue weighted by Crippen LogP contribution is -2.21. The van der Waals surface area contributed by atoms with Crippen molar-refractivity contribution in [3.8, 4) is 0 Å². The van der Waals surface area contributed by atoms with Gasteiger partial charge in [-0.25, -0.2) is 9.78 Å². The Morgan fingerprint density at radius 1 is 1.56 bits per heavy atom. The molecule has 0 aliphatic rings. The normalized spacial score (nSPS) is 12.2. The van der Waals surface area contributed by atoms with Crippen molar-refractivity contribution >= 4 is 20.1 Å². The molecule has 1 heterocycles. The lowest BCUT2D eigenvalue weighted by molar-refractivity contribution is -0.131.